The topological polar surface area (TPSA) is 76.0 Å². The summed E-state index contributed by atoms with van der Waals surface area (Å²) >= 11 is 1.49. The average molecular weight is 437 g/mol. The molecule has 4 rings (SSSR count). The van der Waals surface area contributed by atoms with Crippen LogP contribution < -0.4 is 0 Å². The summed E-state index contributed by atoms with van der Waals surface area (Å²) in [6, 6.07) is 16.5. The molecule has 6 nitrogen and oxygen atoms in total. The lowest BCUT2D eigenvalue weighted by Gasteiger charge is -2.14. The van der Waals surface area contributed by atoms with Gasteiger partial charge in [-0.3, -0.25) is 4.57 Å². The Morgan fingerprint density at radius 2 is 1.94 bits per heavy atom. The largest absolute Gasteiger partial charge is 0.390 e. The van der Waals surface area contributed by atoms with Crippen molar-refractivity contribution in [3.05, 3.63) is 60.3 Å². The molecule has 0 spiro atoms. The van der Waals surface area contributed by atoms with Crippen molar-refractivity contribution in [3.8, 4) is 17.1 Å². The fourth-order valence-electron chi connectivity index (χ4n) is 3.45. The molecular weight excluding hydrogens is 408 g/mol. The molecule has 0 aliphatic heterocycles. The van der Waals surface area contributed by atoms with Crippen LogP contribution in [0.4, 0.5) is 0 Å². The van der Waals surface area contributed by atoms with Gasteiger partial charge in [0.2, 0.25) is 0 Å². The van der Waals surface area contributed by atoms with E-state index in [0.29, 0.717) is 24.9 Å². The number of aryl methyl sites for hydroxylation is 1. The average Bonchev–Trinajstić information content (AvgIpc) is 3.36. The lowest BCUT2D eigenvalue weighted by molar-refractivity contribution is 0.0364. The summed E-state index contributed by atoms with van der Waals surface area (Å²) in [5, 5.41) is 21.2. The quantitative estimate of drug-likeness (QED) is 0.367. The molecular formula is C24H28N4O2S. The molecule has 31 heavy (non-hydrogen) atoms. The molecule has 4 aromatic rings. The second kappa shape index (κ2) is 9.68. The molecule has 0 saturated carbocycles. The molecule has 162 valence electrons. The molecule has 2 N–H and O–H groups in total. The van der Waals surface area contributed by atoms with Gasteiger partial charge in [-0.25, -0.2) is 0 Å². The SMILES string of the molecule is Cc1cccc(-n2c(SCC(O)COCC(C)C)nnc2-c2c[nH]c3ccccc23)c1. The van der Waals surface area contributed by atoms with Gasteiger partial charge in [-0.05, 0) is 36.6 Å². The summed E-state index contributed by atoms with van der Waals surface area (Å²) in [4.78, 5) is 3.32. The maximum atomic E-state index is 10.4. The predicted octanol–water partition coefficient (Wildman–Crippen LogP) is 4.85. The number of hydrogen-bond acceptors (Lipinski definition) is 5. The van der Waals surface area contributed by atoms with Crippen molar-refractivity contribution in [3.63, 3.8) is 0 Å². The van der Waals surface area contributed by atoms with Gasteiger partial charge in [0.15, 0.2) is 11.0 Å². The lowest BCUT2D eigenvalue weighted by atomic mass is 10.1. The van der Waals surface area contributed by atoms with Gasteiger partial charge < -0.3 is 14.8 Å². The van der Waals surface area contributed by atoms with E-state index in [9.17, 15) is 5.11 Å². The summed E-state index contributed by atoms with van der Waals surface area (Å²) < 4.78 is 7.64. The molecule has 2 aromatic heterocycles. The molecule has 1 unspecified atom stereocenters. The van der Waals surface area contributed by atoms with Crippen molar-refractivity contribution in [1.29, 1.82) is 0 Å². The van der Waals surface area contributed by atoms with Gasteiger partial charge in [-0.15, -0.1) is 10.2 Å². The number of aromatic nitrogens is 4. The summed E-state index contributed by atoms with van der Waals surface area (Å²) in [7, 11) is 0. The van der Waals surface area contributed by atoms with E-state index >= 15 is 0 Å². The number of fused-ring (bicyclic) bond motifs is 1. The first-order valence-corrected chi connectivity index (χ1v) is 11.5. The normalized spacial score (nSPS) is 12.7. The third kappa shape index (κ3) is 5.01. The highest BCUT2D eigenvalue weighted by Gasteiger charge is 2.20. The van der Waals surface area contributed by atoms with E-state index in [1.54, 1.807) is 0 Å². The van der Waals surface area contributed by atoms with Crippen LogP contribution in [0.25, 0.3) is 28.0 Å². The van der Waals surface area contributed by atoms with Gasteiger partial charge in [0.25, 0.3) is 0 Å². The van der Waals surface area contributed by atoms with Crippen molar-refractivity contribution >= 4 is 22.7 Å². The number of hydrogen-bond donors (Lipinski definition) is 2. The minimum atomic E-state index is -0.567. The van der Waals surface area contributed by atoms with E-state index in [1.807, 2.05) is 24.4 Å². The van der Waals surface area contributed by atoms with E-state index in [2.05, 4.69) is 70.9 Å². The highest BCUT2D eigenvalue weighted by Crippen LogP contribution is 2.32. The first-order valence-electron chi connectivity index (χ1n) is 10.5. The smallest absolute Gasteiger partial charge is 0.196 e. The van der Waals surface area contributed by atoms with Crippen molar-refractivity contribution in [2.75, 3.05) is 19.0 Å². The number of aromatic amines is 1. The molecule has 7 heteroatoms. The summed E-state index contributed by atoms with van der Waals surface area (Å²) in [6.45, 7) is 7.22. The van der Waals surface area contributed by atoms with Crippen molar-refractivity contribution in [2.45, 2.75) is 32.0 Å². The number of ether oxygens (including phenoxy) is 1. The van der Waals surface area contributed by atoms with Crippen LogP contribution in [0.15, 0.2) is 59.9 Å². The Labute approximate surface area is 186 Å². The fraction of sp³-hybridized carbons (Fsp3) is 0.333. The van der Waals surface area contributed by atoms with Crippen LogP contribution in [0.3, 0.4) is 0 Å². The van der Waals surface area contributed by atoms with E-state index in [1.165, 1.54) is 11.8 Å². The van der Waals surface area contributed by atoms with Crippen molar-refractivity contribution in [2.24, 2.45) is 5.92 Å². The summed E-state index contributed by atoms with van der Waals surface area (Å²) in [6.07, 6.45) is 1.41. The number of thioether (sulfide) groups is 1. The van der Waals surface area contributed by atoms with Crippen LogP contribution in [0.1, 0.15) is 19.4 Å². The Bertz CT molecular complexity index is 1150. The van der Waals surface area contributed by atoms with Gasteiger partial charge in [0.1, 0.15) is 0 Å². The predicted molar refractivity (Wildman–Crippen MR) is 126 cm³/mol. The van der Waals surface area contributed by atoms with Crippen molar-refractivity contribution in [1.82, 2.24) is 19.7 Å². The molecule has 0 amide bonds. The summed E-state index contributed by atoms with van der Waals surface area (Å²) in [5.74, 6) is 1.70. The van der Waals surface area contributed by atoms with Crippen LogP contribution in [-0.2, 0) is 4.74 Å². The van der Waals surface area contributed by atoms with E-state index in [0.717, 1.165) is 38.7 Å². The number of rotatable bonds is 9. The number of nitrogens with one attached hydrogen (secondary N) is 1. The molecule has 0 saturated heterocycles. The van der Waals surface area contributed by atoms with E-state index in [-0.39, 0.29) is 0 Å². The minimum Gasteiger partial charge on any atom is -0.390 e. The zero-order valence-corrected chi connectivity index (χ0v) is 18.9. The highest BCUT2D eigenvalue weighted by atomic mass is 32.2. The molecule has 0 aliphatic carbocycles. The molecule has 0 radical (unpaired) electrons. The number of benzene rings is 2. The maximum absolute atomic E-state index is 10.4. The molecule has 0 fully saturated rings. The second-order valence-electron chi connectivity index (χ2n) is 8.12. The number of nitrogens with zero attached hydrogens (tertiary/aromatic N) is 3. The first-order chi connectivity index (χ1) is 15.0. The van der Waals surface area contributed by atoms with Crippen molar-refractivity contribution < 1.29 is 9.84 Å². The lowest BCUT2D eigenvalue weighted by Crippen LogP contribution is -2.20. The first kappa shape index (κ1) is 21.6. The molecule has 0 aliphatic rings. The maximum Gasteiger partial charge on any atom is 0.196 e. The van der Waals surface area contributed by atoms with E-state index < -0.39 is 6.10 Å². The van der Waals surface area contributed by atoms with Crippen LogP contribution in [0.2, 0.25) is 0 Å². The molecule has 0 bridgehead atoms. The summed E-state index contributed by atoms with van der Waals surface area (Å²) in [5.41, 5.74) is 4.22. The Morgan fingerprint density at radius 3 is 2.74 bits per heavy atom. The zero-order chi connectivity index (χ0) is 21.8. The van der Waals surface area contributed by atoms with Crippen LogP contribution in [0.5, 0.6) is 0 Å². The Morgan fingerprint density at radius 1 is 1.10 bits per heavy atom. The van der Waals surface area contributed by atoms with Crippen LogP contribution in [0, 0.1) is 12.8 Å². The van der Waals surface area contributed by atoms with Gasteiger partial charge in [-0.2, -0.15) is 0 Å². The van der Waals surface area contributed by atoms with Crippen LogP contribution in [-0.4, -0.2) is 49.9 Å². The molecule has 2 aromatic carbocycles. The Hall–Kier alpha value is -2.61. The van der Waals surface area contributed by atoms with Gasteiger partial charge in [0, 0.05) is 40.7 Å². The zero-order valence-electron chi connectivity index (χ0n) is 18.1. The van der Waals surface area contributed by atoms with Gasteiger partial charge >= 0.3 is 0 Å². The number of aliphatic hydroxyl groups is 1. The standard InChI is InChI=1S/C24H28N4O2S/c1-16(2)13-30-14-19(29)15-31-24-27-26-23(28(24)18-8-6-7-17(3)11-18)21-12-25-22-10-5-4-9-20(21)22/h4-12,16,19,25,29H,13-15H2,1-3H3. The van der Waals surface area contributed by atoms with Crippen LogP contribution >= 0.6 is 11.8 Å². The van der Waals surface area contributed by atoms with Gasteiger partial charge in [-0.1, -0.05) is 55.9 Å². The minimum absolute atomic E-state index is 0.319. The number of para-hydroxylation sites is 1. The monoisotopic (exact) mass is 436 g/mol. The number of H-pyrrole nitrogens is 1. The molecule has 1 atom stereocenters. The van der Waals surface area contributed by atoms with E-state index in [4.69, 9.17) is 4.74 Å². The van der Waals surface area contributed by atoms with Gasteiger partial charge in [0.05, 0.1) is 12.7 Å². The third-order valence-corrected chi connectivity index (χ3v) is 5.96. The highest BCUT2D eigenvalue weighted by molar-refractivity contribution is 7.99. The third-order valence-electron chi connectivity index (χ3n) is 4.89. The second-order valence-corrected chi connectivity index (χ2v) is 9.11. The Kier molecular flexibility index (Phi) is 6.75. The fourth-order valence-corrected chi connectivity index (χ4v) is 4.31. The molecule has 2 heterocycles. The Balaban J connectivity index is 1.65. The number of aliphatic hydroxyl groups excluding tert-OH is 1.